The average molecular weight is 762 g/mol. The van der Waals surface area contributed by atoms with E-state index in [1.165, 1.54) is 17.8 Å². The summed E-state index contributed by atoms with van der Waals surface area (Å²) in [6, 6.07) is -2.71. The monoisotopic (exact) mass is 761 g/mol. The minimum atomic E-state index is -3.48. The van der Waals surface area contributed by atoms with Crippen molar-refractivity contribution >= 4 is 35.0 Å². The summed E-state index contributed by atoms with van der Waals surface area (Å²) in [6.07, 6.45) is 7.51. The third kappa shape index (κ3) is 7.41. The van der Waals surface area contributed by atoms with Crippen LogP contribution in [0.15, 0.2) is 0 Å². The lowest BCUT2D eigenvalue weighted by Crippen LogP contribution is -2.65. The van der Waals surface area contributed by atoms with Crippen LogP contribution in [0.3, 0.4) is 0 Å². The molecule has 2 aliphatic heterocycles. The number of sulfonamides is 1. The zero-order chi connectivity index (χ0) is 39.4. The van der Waals surface area contributed by atoms with Crippen LogP contribution in [0, 0.1) is 51.2 Å². The van der Waals surface area contributed by atoms with E-state index < -0.39 is 52.1 Å². The second kappa shape index (κ2) is 13.4. The fourth-order valence-corrected chi connectivity index (χ4v) is 11.0. The zero-order valence-corrected chi connectivity index (χ0v) is 35.5. The molecule has 3 N–H and O–H groups in total. The van der Waals surface area contributed by atoms with Gasteiger partial charge in [0.1, 0.15) is 12.1 Å². The van der Waals surface area contributed by atoms with Crippen LogP contribution in [-0.2, 0) is 28.9 Å². The average Bonchev–Trinajstić information content (AvgIpc) is 3.31. The number of carbonyl (C=O) groups is 3. The van der Waals surface area contributed by atoms with E-state index in [0.717, 1.165) is 38.4 Å². The number of nitrogens with one attached hydrogen (secondary N) is 3. The number of piperidine rings is 1. The van der Waals surface area contributed by atoms with Gasteiger partial charge in [0.2, 0.25) is 21.8 Å². The first kappa shape index (κ1) is 40.8. The molecule has 7 rings (SSSR count). The summed E-state index contributed by atoms with van der Waals surface area (Å²) in [6.45, 7) is 23.3. The van der Waals surface area contributed by atoms with E-state index in [0.29, 0.717) is 24.3 Å². The maximum atomic E-state index is 14.7. The van der Waals surface area contributed by atoms with Gasteiger partial charge in [-0.05, 0) is 77.4 Å². The minimum Gasteiger partial charge on any atom is -0.404 e. The van der Waals surface area contributed by atoms with Crippen LogP contribution < -0.4 is 16.0 Å². The topological polar surface area (TPSA) is 146 Å². The standard InChI is InChI=1S/C39H68BN5O7S/c1-35(2,3)26(21-44(12)53(13,49)50)41-34(48)43-31(36(4,5)6)33(47)45-20-24-29(38(24,9)10)30(45)32(46)42-28(17-22-15-14-16-22)40-51-27-19-23-18-25(37(23,7)8)39(27,11)52-40/h22-31H,14-21H2,1-13H3,(H,42,46)(H2,41,43,48)/t23-,24-,25-,26+,27+,28-,29-,30-,31+,39-/m0/s1. The van der Waals surface area contributed by atoms with Crippen molar-refractivity contribution in [2.24, 2.45) is 51.2 Å². The van der Waals surface area contributed by atoms with E-state index in [4.69, 9.17) is 9.31 Å². The normalized spacial score (nSPS) is 34.6. The SMILES string of the molecule is CN(C[C@@H](NC(=O)N[C@H](C(=O)N1C[C@H]2[C@@H]([C@H]1C(=O)N[C@@H](CC1CCC1)B1O[C@@H]3C[C@@H]4C[C@@H](C4(C)C)[C@]3(C)O1)C2(C)C)C(C)(C)C)C(C)(C)C)S(C)(=O)=O. The molecule has 2 heterocycles. The Morgan fingerprint density at radius 2 is 1.58 bits per heavy atom. The van der Waals surface area contributed by atoms with Crippen molar-refractivity contribution in [3.8, 4) is 0 Å². The summed E-state index contributed by atoms with van der Waals surface area (Å²) in [5, 5.41) is 9.32. The predicted molar refractivity (Wildman–Crippen MR) is 206 cm³/mol. The number of carbonyl (C=O) groups excluding carboxylic acids is 3. The number of amides is 4. The molecule has 300 valence electrons. The van der Waals surface area contributed by atoms with Gasteiger partial charge in [0, 0.05) is 26.2 Å². The van der Waals surface area contributed by atoms with E-state index >= 15 is 0 Å². The molecule has 14 heteroatoms. The Hall–Kier alpha value is -1.90. The molecule has 5 aliphatic carbocycles. The van der Waals surface area contributed by atoms with Gasteiger partial charge in [0.05, 0.1) is 23.9 Å². The van der Waals surface area contributed by atoms with Gasteiger partial charge in [-0.1, -0.05) is 88.5 Å². The third-order valence-electron chi connectivity index (χ3n) is 14.9. The van der Waals surface area contributed by atoms with Crippen molar-refractivity contribution in [3.05, 3.63) is 0 Å². The van der Waals surface area contributed by atoms with Crippen LogP contribution in [0.5, 0.6) is 0 Å². The fraction of sp³-hybridized carbons (Fsp3) is 0.923. The van der Waals surface area contributed by atoms with Crippen LogP contribution in [-0.4, -0.2) is 105 Å². The molecule has 0 aromatic rings. The smallest absolute Gasteiger partial charge is 0.404 e. The molecule has 7 aliphatic rings. The van der Waals surface area contributed by atoms with Gasteiger partial charge in [0.15, 0.2) is 0 Å². The molecule has 53 heavy (non-hydrogen) atoms. The van der Waals surface area contributed by atoms with Gasteiger partial charge in [-0.3, -0.25) is 9.59 Å². The second-order valence-corrected chi connectivity index (χ2v) is 23.3. The molecule has 2 bridgehead atoms. The fourth-order valence-electron chi connectivity index (χ4n) is 10.6. The lowest BCUT2D eigenvalue weighted by atomic mass is 9.43. The maximum Gasteiger partial charge on any atom is 0.481 e. The van der Waals surface area contributed by atoms with E-state index in [2.05, 4.69) is 50.6 Å². The van der Waals surface area contributed by atoms with Crippen molar-refractivity contribution in [1.29, 1.82) is 0 Å². The first-order valence-electron chi connectivity index (χ1n) is 20.1. The van der Waals surface area contributed by atoms with E-state index in [1.807, 2.05) is 41.5 Å². The first-order chi connectivity index (χ1) is 24.2. The van der Waals surface area contributed by atoms with Crippen molar-refractivity contribution < 1.29 is 32.1 Å². The molecule has 0 aromatic carbocycles. The Bertz CT molecular complexity index is 1570. The molecular weight excluding hydrogens is 693 g/mol. The predicted octanol–water partition coefficient (Wildman–Crippen LogP) is 4.43. The van der Waals surface area contributed by atoms with E-state index in [9.17, 15) is 22.8 Å². The summed E-state index contributed by atoms with van der Waals surface area (Å²) >= 11 is 0. The van der Waals surface area contributed by atoms with Crippen LogP contribution in [0.2, 0.25) is 0 Å². The van der Waals surface area contributed by atoms with Crippen LogP contribution in [0.4, 0.5) is 4.79 Å². The number of likely N-dealkylation sites (tertiary alicyclic amines) is 1. The maximum absolute atomic E-state index is 14.7. The molecule has 5 saturated carbocycles. The lowest BCUT2D eigenvalue weighted by molar-refractivity contribution is -0.199. The highest BCUT2D eigenvalue weighted by Gasteiger charge is 2.71. The molecule has 0 unspecified atom stereocenters. The Balaban J connectivity index is 1.20. The van der Waals surface area contributed by atoms with Crippen molar-refractivity contribution in [2.45, 2.75) is 150 Å². The highest BCUT2D eigenvalue weighted by molar-refractivity contribution is 7.88. The largest absolute Gasteiger partial charge is 0.481 e. The first-order valence-corrected chi connectivity index (χ1v) is 21.9. The molecule has 7 fully saturated rings. The Morgan fingerprint density at radius 3 is 2.11 bits per heavy atom. The van der Waals surface area contributed by atoms with E-state index in [1.54, 1.807) is 4.90 Å². The number of rotatable bonds is 11. The summed E-state index contributed by atoms with van der Waals surface area (Å²) in [5.41, 5.74) is -1.43. The minimum absolute atomic E-state index is 0.000540. The molecule has 4 amide bonds. The number of urea groups is 1. The van der Waals surface area contributed by atoms with Crippen molar-refractivity contribution in [2.75, 3.05) is 26.4 Å². The third-order valence-corrected chi connectivity index (χ3v) is 16.2. The van der Waals surface area contributed by atoms with Crippen molar-refractivity contribution in [3.63, 3.8) is 0 Å². The molecule has 0 spiro atoms. The molecular formula is C39H68BN5O7S. The van der Waals surface area contributed by atoms with Crippen LogP contribution >= 0.6 is 0 Å². The lowest BCUT2D eigenvalue weighted by Gasteiger charge is -2.64. The van der Waals surface area contributed by atoms with Gasteiger partial charge in [-0.2, -0.15) is 0 Å². The molecule has 12 nitrogen and oxygen atoms in total. The second-order valence-electron chi connectivity index (χ2n) is 21.3. The number of hydrogen-bond acceptors (Lipinski definition) is 7. The van der Waals surface area contributed by atoms with Crippen molar-refractivity contribution in [1.82, 2.24) is 25.2 Å². The Labute approximate surface area is 319 Å². The molecule has 10 atom stereocenters. The Morgan fingerprint density at radius 1 is 0.943 bits per heavy atom. The molecule has 2 saturated heterocycles. The summed E-state index contributed by atoms with van der Waals surface area (Å²) in [4.78, 5) is 44.7. The molecule has 0 aromatic heterocycles. The number of hydrogen-bond donors (Lipinski definition) is 3. The molecule has 0 radical (unpaired) electrons. The summed E-state index contributed by atoms with van der Waals surface area (Å²) in [7, 11) is -2.53. The highest BCUT2D eigenvalue weighted by atomic mass is 32.2. The Kier molecular flexibility index (Phi) is 10.3. The quantitative estimate of drug-likeness (QED) is 0.264. The van der Waals surface area contributed by atoms with E-state index in [-0.39, 0.29) is 58.7 Å². The van der Waals surface area contributed by atoms with Gasteiger partial charge >= 0.3 is 13.1 Å². The van der Waals surface area contributed by atoms with Gasteiger partial charge in [0.25, 0.3) is 0 Å². The van der Waals surface area contributed by atoms with Gasteiger partial charge < -0.3 is 30.2 Å². The van der Waals surface area contributed by atoms with Crippen LogP contribution in [0.1, 0.15) is 115 Å². The number of likely N-dealkylation sites (N-methyl/N-ethyl adjacent to an activating group) is 1. The number of fused-ring (bicyclic) bond motifs is 1. The number of nitrogens with zero attached hydrogens (tertiary/aromatic N) is 2. The highest BCUT2D eigenvalue weighted by Crippen LogP contribution is 2.66. The summed E-state index contributed by atoms with van der Waals surface area (Å²) in [5.74, 6) is 0.926. The van der Waals surface area contributed by atoms with Crippen LogP contribution in [0.25, 0.3) is 0 Å². The zero-order valence-electron chi connectivity index (χ0n) is 34.7. The summed E-state index contributed by atoms with van der Waals surface area (Å²) < 4.78 is 39.3. The van der Waals surface area contributed by atoms with Gasteiger partial charge in [-0.25, -0.2) is 17.5 Å². The van der Waals surface area contributed by atoms with Gasteiger partial charge in [-0.15, -0.1) is 0 Å².